The maximum absolute atomic E-state index is 10.4. The van der Waals surface area contributed by atoms with E-state index in [0.717, 1.165) is 35.4 Å². The van der Waals surface area contributed by atoms with Crippen molar-refractivity contribution in [1.29, 1.82) is 0 Å². The van der Waals surface area contributed by atoms with Crippen molar-refractivity contribution >= 4 is 40.6 Å². The molecule has 1 amide bonds. The molecule has 0 fully saturated rings. The van der Waals surface area contributed by atoms with E-state index in [1.165, 1.54) is 6.42 Å². The Kier molecular flexibility index (Phi) is 27.1. The molecule has 2 rings (SSSR count). The number of hydrogen-bond donors (Lipinski definition) is 2. The Morgan fingerprint density at radius 1 is 1.26 bits per heavy atom. The molecule has 0 spiro atoms. The first-order valence-electron chi connectivity index (χ1n) is 11.7. The van der Waals surface area contributed by atoms with Crippen molar-refractivity contribution in [3.05, 3.63) is 79.4 Å². The van der Waals surface area contributed by atoms with Crippen LogP contribution in [0.1, 0.15) is 66.4 Å². The lowest BCUT2D eigenvalue weighted by Gasteiger charge is -2.30. The zero-order chi connectivity index (χ0) is 26.8. The summed E-state index contributed by atoms with van der Waals surface area (Å²) < 4.78 is 0. The molecule has 1 unspecified atom stereocenters. The van der Waals surface area contributed by atoms with Crippen LogP contribution in [0, 0.1) is 0 Å². The molecule has 0 saturated carbocycles. The number of benzene rings is 1. The summed E-state index contributed by atoms with van der Waals surface area (Å²) in [5.41, 5.74) is 8.34. The number of nitrogens with two attached hydrogens (primary N) is 1. The van der Waals surface area contributed by atoms with E-state index < -0.39 is 0 Å². The highest BCUT2D eigenvalue weighted by molar-refractivity contribution is 8.13. The van der Waals surface area contributed by atoms with Gasteiger partial charge in [0.15, 0.2) is 5.17 Å². The summed E-state index contributed by atoms with van der Waals surface area (Å²) in [5, 5.41) is 3.28. The minimum Gasteiger partial charge on any atom is -0.379 e. The van der Waals surface area contributed by atoms with Crippen molar-refractivity contribution in [2.45, 2.75) is 66.3 Å². The van der Waals surface area contributed by atoms with Crippen LogP contribution >= 0.6 is 23.4 Å². The van der Waals surface area contributed by atoms with Crippen molar-refractivity contribution in [3.63, 3.8) is 0 Å². The monoisotopic (exact) mass is 507 g/mol. The summed E-state index contributed by atoms with van der Waals surface area (Å²) in [6.07, 6.45) is 11.2. The Hall–Kier alpha value is -2.24. The van der Waals surface area contributed by atoms with Gasteiger partial charge in [0, 0.05) is 17.3 Å². The zero-order valence-electron chi connectivity index (χ0n) is 22.1. The van der Waals surface area contributed by atoms with Gasteiger partial charge < -0.3 is 11.1 Å². The molecule has 1 aliphatic rings. The number of nitrogens with zero attached hydrogens (tertiary/aromatic N) is 1. The molecule has 3 N–H and O–H groups in total. The maximum atomic E-state index is 10.4. The smallest absolute Gasteiger partial charge is 0.211 e. The van der Waals surface area contributed by atoms with Gasteiger partial charge in [-0.15, -0.1) is 11.6 Å². The van der Waals surface area contributed by atoms with Gasteiger partial charge >= 0.3 is 0 Å². The first kappa shape index (κ1) is 36.3. The number of carbonyl (C=O) groups excluding carboxylic acids is 1. The number of hydrogen-bond acceptors (Lipinski definition) is 4. The largest absolute Gasteiger partial charge is 0.379 e. The molecule has 4 nitrogen and oxygen atoms in total. The number of anilines is 1. The van der Waals surface area contributed by atoms with Crippen molar-refractivity contribution in [3.8, 4) is 0 Å². The number of rotatable bonds is 7. The molecule has 0 saturated heterocycles. The molecule has 1 aromatic rings. The van der Waals surface area contributed by atoms with Crippen LogP contribution in [0.5, 0.6) is 0 Å². The van der Waals surface area contributed by atoms with E-state index in [4.69, 9.17) is 17.3 Å². The fourth-order valence-corrected chi connectivity index (χ4v) is 3.30. The van der Waals surface area contributed by atoms with Gasteiger partial charge in [-0.25, -0.2) is 0 Å². The summed E-state index contributed by atoms with van der Waals surface area (Å²) >= 11 is 7.02. The topological polar surface area (TPSA) is 67.5 Å². The molecule has 0 radical (unpaired) electrons. The minimum absolute atomic E-state index is 0.282. The van der Waals surface area contributed by atoms with Gasteiger partial charge in [0.1, 0.15) is 0 Å². The van der Waals surface area contributed by atoms with Gasteiger partial charge in [0.05, 0.1) is 5.54 Å². The molecule has 1 heterocycles. The predicted octanol–water partition coefficient (Wildman–Crippen LogP) is 8.47. The summed E-state index contributed by atoms with van der Waals surface area (Å²) in [6, 6.07) is 7.73. The molecule has 1 atom stereocenters. The molecule has 34 heavy (non-hydrogen) atoms. The quantitative estimate of drug-likeness (QED) is 0.221. The Bertz CT molecular complexity index is 741. The summed E-state index contributed by atoms with van der Waals surface area (Å²) in [5.74, 6) is 1.51. The van der Waals surface area contributed by atoms with E-state index in [1.807, 2.05) is 50.3 Å². The molecular weight excluding hydrogens is 462 g/mol. The van der Waals surface area contributed by atoms with Gasteiger partial charge in [0.2, 0.25) is 6.41 Å². The third-order valence-electron chi connectivity index (χ3n) is 3.83. The highest BCUT2D eigenvalue weighted by Crippen LogP contribution is 2.35. The molecule has 6 heteroatoms. The van der Waals surface area contributed by atoms with E-state index in [9.17, 15) is 4.79 Å². The van der Waals surface area contributed by atoms with Crippen LogP contribution in [0.2, 0.25) is 0 Å². The van der Waals surface area contributed by atoms with Crippen molar-refractivity contribution in [2.24, 2.45) is 10.7 Å². The number of allylic oxidation sites excluding steroid dienone is 5. The average molecular weight is 508 g/mol. The van der Waals surface area contributed by atoms with Crippen LogP contribution in [-0.4, -0.2) is 23.2 Å². The Morgan fingerprint density at radius 3 is 2.29 bits per heavy atom. The third-order valence-corrected chi connectivity index (χ3v) is 4.97. The van der Waals surface area contributed by atoms with Crippen molar-refractivity contribution < 1.29 is 4.79 Å². The number of nitrogens with one attached hydrogen (secondary N) is 1. The standard InChI is InChI=1S/C12H15N3OS.C7H11Cl.C4H6.C3H8.C2H6/c1-12(5-6-17-11(13)15-12)9-3-2-4-10(7-9)14-8-16;1-3-4-5-7(2)6-8;1-3-4-2;1-3-2;1-2/h2-4,7-8H,5-6H2,1H3,(H2,13,15)(H,14,16);4-5H,2-3,6H2,1H3;3-4H,1-2H2;3H2,1-2H3;1-2H3/b;5-4+;;;. The number of amidine groups is 1. The maximum Gasteiger partial charge on any atom is 0.211 e. The summed E-state index contributed by atoms with van der Waals surface area (Å²) in [6.45, 7) is 22.8. The number of halogens is 1. The van der Waals surface area contributed by atoms with Crippen LogP contribution in [0.15, 0.2) is 78.9 Å². The summed E-state index contributed by atoms with van der Waals surface area (Å²) in [4.78, 5) is 15.0. The van der Waals surface area contributed by atoms with E-state index >= 15 is 0 Å². The van der Waals surface area contributed by atoms with Crippen LogP contribution in [0.25, 0.3) is 0 Å². The number of aliphatic imine (C=N–C) groups is 1. The second kappa shape index (κ2) is 25.4. The van der Waals surface area contributed by atoms with E-state index in [2.05, 4.69) is 57.7 Å². The lowest BCUT2D eigenvalue weighted by molar-refractivity contribution is -0.105. The number of carbonyl (C=O) groups is 1. The number of alkyl halides is 1. The van der Waals surface area contributed by atoms with Gasteiger partial charge in [-0.2, -0.15) is 0 Å². The lowest BCUT2D eigenvalue weighted by atomic mass is 9.89. The van der Waals surface area contributed by atoms with E-state index in [1.54, 1.807) is 23.9 Å². The molecule has 1 aliphatic heterocycles. The highest BCUT2D eigenvalue weighted by atomic mass is 35.5. The Labute approximate surface area is 218 Å². The molecule has 1 aromatic carbocycles. The molecule has 0 aromatic heterocycles. The second-order valence-electron chi connectivity index (χ2n) is 6.95. The lowest BCUT2D eigenvalue weighted by Crippen LogP contribution is -2.28. The molecule has 192 valence electrons. The molecule has 0 bridgehead atoms. The minimum atomic E-state index is -0.282. The SMILES string of the molecule is C=C(/C=C/CC)CCl.C=CC=C.CC.CC1(c2cccc(NC=O)c2)CCSC(N)=N1.CCC. The second-order valence-corrected chi connectivity index (χ2v) is 8.33. The van der Waals surface area contributed by atoms with E-state index in [-0.39, 0.29) is 5.54 Å². The van der Waals surface area contributed by atoms with Crippen LogP contribution in [0.3, 0.4) is 0 Å². The fourth-order valence-electron chi connectivity index (χ4n) is 2.24. The van der Waals surface area contributed by atoms with Crippen LogP contribution in [0.4, 0.5) is 5.69 Å². The van der Waals surface area contributed by atoms with Crippen LogP contribution in [-0.2, 0) is 10.3 Å². The van der Waals surface area contributed by atoms with Gasteiger partial charge in [0.25, 0.3) is 0 Å². The summed E-state index contributed by atoms with van der Waals surface area (Å²) in [7, 11) is 0. The Morgan fingerprint density at radius 2 is 1.85 bits per heavy atom. The Balaban J connectivity index is -0.000000472. The van der Waals surface area contributed by atoms with Crippen LogP contribution < -0.4 is 11.1 Å². The first-order valence-corrected chi connectivity index (χ1v) is 13.2. The normalized spacial score (nSPS) is 15.7. The van der Waals surface area contributed by atoms with E-state index in [0.29, 0.717) is 17.5 Å². The highest BCUT2D eigenvalue weighted by Gasteiger charge is 2.29. The number of amides is 1. The van der Waals surface area contributed by atoms with Crippen molar-refractivity contribution in [1.82, 2.24) is 0 Å². The third kappa shape index (κ3) is 19.2. The fraction of sp³-hybridized carbons (Fsp3) is 0.429. The predicted molar refractivity (Wildman–Crippen MR) is 159 cm³/mol. The molecular formula is C28H46ClN3OS. The zero-order valence-corrected chi connectivity index (χ0v) is 23.6. The van der Waals surface area contributed by atoms with Crippen molar-refractivity contribution in [2.75, 3.05) is 16.9 Å². The number of thioether (sulfide) groups is 1. The molecule has 0 aliphatic carbocycles. The average Bonchev–Trinajstić information content (AvgIpc) is 2.85. The first-order chi connectivity index (χ1) is 16.3. The van der Waals surface area contributed by atoms with Gasteiger partial charge in [-0.1, -0.05) is 109 Å². The van der Waals surface area contributed by atoms with Gasteiger partial charge in [-0.3, -0.25) is 9.79 Å². The van der Waals surface area contributed by atoms with Gasteiger partial charge in [-0.05, 0) is 43.0 Å².